The molecule has 2 heterocycles. The number of nitrogens with zero attached hydrogens (tertiary/aromatic N) is 2. The van der Waals surface area contributed by atoms with Gasteiger partial charge in [0.05, 0.1) is 17.1 Å². The van der Waals surface area contributed by atoms with Crippen LogP contribution in [0.3, 0.4) is 0 Å². The summed E-state index contributed by atoms with van der Waals surface area (Å²) < 4.78 is 6.04. The highest BCUT2D eigenvalue weighted by Gasteiger charge is 2.13. The standard InChI is InChI=1S/C23H24N4O/c24-23-10-8-19-7-9-21(13-22(19)27-23)28-16-18-5-3-4-17(12-18)14-25-15-20-6-1-2-11-26-20/h1-6,8-12,25H,7,13-16H2,(H2,24,27). The van der Waals surface area contributed by atoms with Crippen molar-refractivity contribution < 1.29 is 4.74 Å². The van der Waals surface area contributed by atoms with Crippen molar-refractivity contribution in [2.24, 2.45) is 0 Å². The Hall–Kier alpha value is -3.18. The zero-order chi connectivity index (χ0) is 19.2. The predicted octanol–water partition coefficient (Wildman–Crippen LogP) is 3.55. The number of nitrogen functional groups attached to an aromatic ring is 1. The smallest absolute Gasteiger partial charge is 0.123 e. The molecule has 4 rings (SSSR count). The van der Waals surface area contributed by atoms with Crippen LogP contribution < -0.4 is 11.1 Å². The van der Waals surface area contributed by atoms with Gasteiger partial charge in [-0.15, -0.1) is 0 Å². The van der Waals surface area contributed by atoms with E-state index in [0.29, 0.717) is 18.8 Å². The molecule has 1 aliphatic carbocycles. The Kier molecular flexibility index (Phi) is 5.64. The van der Waals surface area contributed by atoms with Crippen LogP contribution in [0.1, 0.15) is 28.1 Å². The normalized spacial score (nSPS) is 12.9. The molecule has 0 aliphatic heterocycles. The van der Waals surface area contributed by atoms with E-state index in [-0.39, 0.29) is 0 Å². The number of allylic oxidation sites excluding steroid dienone is 2. The van der Waals surface area contributed by atoms with Crippen molar-refractivity contribution >= 4 is 5.82 Å². The largest absolute Gasteiger partial charge is 0.493 e. The number of hydrogen-bond donors (Lipinski definition) is 2. The van der Waals surface area contributed by atoms with Crippen molar-refractivity contribution in [3.05, 3.63) is 101 Å². The van der Waals surface area contributed by atoms with Gasteiger partial charge in [0.1, 0.15) is 12.4 Å². The lowest BCUT2D eigenvalue weighted by atomic mass is 10.0. The highest BCUT2D eigenvalue weighted by atomic mass is 16.5. The van der Waals surface area contributed by atoms with Crippen molar-refractivity contribution in [2.75, 3.05) is 5.73 Å². The fourth-order valence-electron chi connectivity index (χ4n) is 3.30. The molecule has 28 heavy (non-hydrogen) atoms. The molecule has 0 unspecified atom stereocenters. The lowest BCUT2D eigenvalue weighted by molar-refractivity contribution is 0.190. The van der Waals surface area contributed by atoms with Gasteiger partial charge in [-0.2, -0.15) is 0 Å². The van der Waals surface area contributed by atoms with Crippen molar-refractivity contribution in [1.82, 2.24) is 15.3 Å². The molecule has 142 valence electrons. The quantitative estimate of drug-likeness (QED) is 0.664. The first kappa shape index (κ1) is 18.2. The van der Waals surface area contributed by atoms with Crippen molar-refractivity contribution in [3.8, 4) is 0 Å². The van der Waals surface area contributed by atoms with Crippen LogP contribution in [0.25, 0.3) is 0 Å². The number of ether oxygens (including phenoxy) is 1. The number of nitrogens with two attached hydrogens (primary N) is 1. The highest BCUT2D eigenvalue weighted by Crippen LogP contribution is 2.22. The summed E-state index contributed by atoms with van der Waals surface area (Å²) in [5, 5.41) is 3.43. The molecule has 0 saturated heterocycles. The van der Waals surface area contributed by atoms with Gasteiger partial charge in [0.2, 0.25) is 0 Å². The molecule has 0 amide bonds. The number of pyridine rings is 2. The minimum Gasteiger partial charge on any atom is -0.493 e. The van der Waals surface area contributed by atoms with Crippen molar-refractivity contribution in [3.63, 3.8) is 0 Å². The van der Waals surface area contributed by atoms with Gasteiger partial charge in [0.25, 0.3) is 0 Å². The highest BCUT2D eigenvalue weighted by molar-refractivity contribution is 5.38. The van der Waals surface area contributed by atoms with Crippen molar-refractivity contribution in [2.45, 2.75) is 32.5 Å². The minimum absolute atomic E-state index is 0.553. The van der Waals surface area contributed by atoms with E-state index in [1.165, 1.54) is 11.1 Å². The van der Waals surface area contributed by atoms with Gasteiger partial charge in [0, 0.05) is 25.7 Å². The topological polar surface area (TPSA) is 73.1 Å². The van der Waals surface area contributed by atoms with Gasteiger partial charge in [-0.1, -0.05) is 36.4 Å². The van der Waals surface area contributed by atoms with Crippen LogP contribution in [0.2, 0.25) is 0 Å². The van der Waals surface area contributed by atoms with Gasteiger partial charge in [0.15, 0.2) is 0 Å². The van der Waals surface area contributed by atoms with Crippen LogP contribution in [0.4, 0.5) is 5.82 Å². The van der Waals surface area contributed by atoms with Gasteiger partial charge >= 0.3 is 0 Å². The summed E-state index contributed by atoms with van der Waals surface area (Å²) in [7, 11) is 0. The van der Waals surface area contributed by atoms with Gasteiger partial charge in [-0.3, -0.25) is 4.98 Å². The molecular formula is C23H24N4O. The Morgan fingerprint density at radius 3 is 2.82 bits per heavy atom. The van der Waals surface area contributed by atoms with E-state index >= 15 is 0 Å². The van der Waals surface area contributed by atoms with E-state index in [4.69, 9.17) is 10.5 Å². The zero-order valence-corrected chi connectivity index (χ0v) is 15.8. The lowest BCUT2D eigenvalue weighted by Crippen LogP contribution is -2.13. The summed E-state index contributed by atoms with van der Waals surface area (Å²) in [5.41, 5.74) is 11.5. The van der Waals surface area contributed by atoms with E-state index in [0.717, 1.165) is 42.2 Å². The summed E-state index contributed by atoms with van der Waals surface area (Å²) in [6.45, 7) is 2.10. The number of fused-ring (bicyclic) bond motifs is 1. The first-order valence-corrected chi connectivity index (χ1v) is 9.51. The molecule has 0 bridgehead atoms. The number of rotatable bonds is 7. The number of benzene rings is 1. The molecule has 0 saturated carbocycles. The second-order valence-electron chi connectivity index (χ2n) is 6.93. The molecule has 5 nitrogen and oxygen atoms in total. The van der Waals surface area contributed by atoms with E-state index in [1.807, 2.05) is 36.5 Å². The maximum absolute atomic E-state index is 6.04. The van der Waals surface area contributed by atoms with Crippen LogP contribution in [0.15, 0.2) is 72.6 Å². The molecule has 2 aromatic heterocycles. The molecule has 0 spiro atoms. The number of nitrogens with one attached hydrogen (secondary N) is 1. The second kappa shape index (κ2) is 8.67. The minimum atomic E-state index is 0.553. The summed E-state index contributed by atoms with van der Waals surface area (Å²) >= 11 is 0. The maximum atomic E-state index is 6.04. The van der Waals surface area contributed by atoms with E-state index in [2.05, 4.69) is 45.6 Å². The second-order valence-corrected chi connectivity index (χ2v) is 6.93. The Morgan fingerprint density at radius 1 is 1.00 bits per heavy atom. The van der Waals surface area contributed by atoms with Crippen LogP contribution in [-0.2, 0) is 37.3 Å². The van der Waals surface area contributed by atoms with E-state index in [9.17, 15) is 0 Å². The SMILES string of the molecule is Nc1ccc2c(n1)CC(OCc1cccc(CNCc3ccccn3)c1)=CC2. The molecule has 0 fully saturated rings. The molecule has 5 heteroatoms. The van der Waals surface area contributed by atoms with Gasteiger partial charge in [-0.05, 0) is 47.4 Å². The molecule has 1 aliphatic rings. The lowest BCUT2D eigenvalue weighted by Gasteiger charge is -2.17. The fourth-order valence-corrected chi connectivity index (χ4v) is 3.30. The van der Waals surface area contributed by atoms with Crippen LogP contribution in [-0.4, -0.2) is 9.97 Å². The molecule has 0 atom stereocenters. The number of anilines is 1. The average Bonchev–Trinajstić information content (AvgIpc) is 2.73. The van der Waals surface area contributed by atoms with Crippen LogP contribution in [0, 0.1) is 0 Å². The molecule has 1 aromatic carbocycles. The number of aromatic nitrogens is 2. The van der Waals surface area contributed by atoms with E-state index < -0.39 is 0 Å². The Balaban J connectivity index is 1.30. The predicted molar refractivity (Wildman–Crippen MR) is 110 cm³/mol. The molecule has 3 N–H and O–H groups in total. The first-order valence-electron chi connectivity index (χ1n) is 9.51. The molecular weight excluding hydrogens is 348 g/mol. The van der Waals surface area contributed by atoms with Crippen LogP contribution >= 0.6 is 0 Å². The fraction of sp³-hybridized carbons (Fsp3) is 0.217. The summed E-state index contributed by atoms with van der Waals surface area (Å²) in [6.07, 6.45) is 5.50. The number of hydrogen-bond acceptors (Lipinski definition) is 5. The first-order chi connectivity index (χ1) is 13.8. The van der Waals surface area contributed by atoms with Crippen LogP contribution in [0.5, 0.6) is 0 Å². The monoisotopic (exact) mass is 372 g/mol. The third-order valence-electron chi connectivity index (χ3n) is 4.76. The summed E-state index contributed by atoms with van der Waals surface area (Å²) in [5.74, 6) is 1.52. The molecule has 0 radical (unpaired) electrons. The maximum Gasteiger partial charge on any atom is 0.123 e. The summed E-state index contributed by atoms with van der Waals surface area (Å²) in [4.78, 5) is 8.76. The Bertz CT molecular complexity index is 969. The third-order valence-corrected chi connectivity index (χ3v) is 4.76. The third kappa shape index (κ3) is 4.75. The molecule has 3 aromatic rings. The van der Waals surface area contributed by atoms with Gasteiger partial charge < -0.3 is 15.8 Å². The Morgan fingerprint density at radius 2 is 1.93 bits per heavy atom. The van der Waals surface area contributed by atoms with E-state index in [1.54, 1.807) is 0 Å². The zero-order valence-electron chi connectivity index (χ0n) is 15.8. The average molecular weight is 372 g/mol. The van der Waals surface area contributed by atoms with Gasteiger partial charge in [-0.25, -0.2) is 4.98 Å². The Labute approximate surface area is 165 Å². The summed E-state index contributed by atoms with van der Waals surface area (Å²) in [6, 6.07) is 18.3. The van der Waals surface area contributed by atoms with Crippen molar-refractivity contribution in [1.29, 1.82) is 0 Å².